The van der Waals surface area contributed by atoms with Crippen LogP contribution in [-0.4, -0.2) is 46.8 Å². The zero-order valence-corrected chi connectivity index (χ0v) is 9.59. The van der Waals surface area contributed by atoms with Crippen LogP contribution in [-0.2, 0) is 4.79 Å². The van der Waals surface area contributed by atoms with E-state index in [9.17, 15) is 9.59 Å². The fraction of sp³-hybridized carbons (Fsp3) is 0.455. The Morgan fingerprint density at radius 3 is 2.94 bits per heavy atom. The second-order valence-electron chi connectivity index (χ2n) is 3.94. The lowest BCUT2D eigenvalue weighted by molar-refractivity contribution is -0.124. The van der Waals surface area contributed by atoms with Crippen LogP contribution < -0.4 is 5.32 Å². The Morgan fingerprint density at radius 2 is 2.29 bits per heavy atom. The smallest absolute Gasteiger partial charge is 0.274 e. The summed E-state index contributed by atoms with van der Waals surface area (Å²) in [5.74, 6) is -0.287. The van der Waals surface area contributed by atoms with Gasteiger partial charge in [0.15, 0.2) is 0 Å². The second kappa shape index (κ2) is 4.90. The van der Waals surface area contributed by atoms with Crippen molar-refractivity contribution >= 4 is 11.8 Å². The highest BCUT2D eigenvalue weighted by Gasteiger charge is 2.31. The minimum absolute atomic E-state index is 0.0144. The van der Waals surface area contributed by atoms with E-state index in [-0.39, 0.29) is 17.7 Å². The summed E-state index contributed by atoms with van der Waals surface area (Å²) in [5.41, 5.74) is 0.324. The molecule has 0 aliphatic carbocycles. The summed E-state index contributed by atoms with van der Waals surface area (Å²) in [7, 11) is 1.61. The van der Waals surface area contributed by atoms with Gasteiger partial charge >= 0.3 is 0 Å². The standard InChI is InChI=1S/C11H14N4O2/c1-12-10(16)8-2-5-15(7-8)11(17)9-6-13-3-4-14-9/h3-4,6,8H,2,5,7H2,1H3,(H,12,16)/t8-/m1/s1. The van der Waals surface area contributed by atoms with E-state index in [4.69, 9.17) is 0 Å². The quantitative estimate of drug-likeness (QED) is 0.761. The third-order valence-electron chi connectivity index (χ3n) is 2.87. The number of rotatable bonds is 2. The van der Waals surface area contributed by atoms with Gasteiger partial charge in [-0.25, -0.2) is 4.98 Å². The van der Waals surface area contributed by atoms with E-state index in [0.717, 1.165) is 0 Å². The van der Waals surface area contributed by atoms with Gasteiger partial charge in [0.25, 0.3) is 5.91 Å². The Kier molecular flexibility index (Phi) is 3.32. The zero-order valence-electron chi connectivity index (χ0n) is 9.59. The topological polar surface area (TPSA) is 75.2 Å². The molecule has 1 aromatic rings. The van der Waals surface area contributed by atoms with Crippen molar-refractivity contribution in [2.24, 2.45) is 5.92 Å². The molecule has 1 saturated heterocycles. The number of hydrogen-bond acceptors (Lipinski definition) is 4. The Hall–Kier alpha value is -1.98. The maximum Gasteiger partial charge on any atom is 0.274 e. The van der Waals surface area contributed by atoms with Gasteiger partial charge < -0.3 is 10.2 Å². The molecule has 17 heavy (non-hydrogen) atoms. The number of carbonyl (C=O) groups excluding carboxylic acids is 2. The second-order valence-corrected chi connectivity index (χ2v) is 3.94. The number of carbonyl (C=O) groups is 2. The molecule has 1 atom stereocenters. The maximum atomic E-state index is 12.0. The molecule has 1 aliphatic heterocycles. The van der Waals surface area contributed by atoms with Crippen LogP contribution in [0.1, 0.15) is 16.9 Å². The SMILES string of the molecule is CNC(=O)[C@@H]1CCN(C(=O)c2cnccn2)C1. The van der Waals surface area contributed by atoms with E-state index in [0.29, 0.717) is 25.2 Å². The highest BCUT2D eigenvalue weighted by Crippen LogP contribution is 2.17. The average Bonchev–Trinajstić information content (AvgIpc) is 2.87. The van der Waals surface area contributed by atoms with E-state index in [2.05, 4.69) is 15.3 Å². The molecule has 1 N–H and O–H groups in total. The highest BCUT2D eigenvalue weighted by atomic mass is 16.2. The molecule has 0 saturated carbocycles. The van der Waals surface area contributed by atoms with Crippen molar-refractivity contribution in [3.63, 3.8) is 0 Å². The molecule has 0 unspecified atom stereocenters. The van der Waals surface area contributed by atoms with Crippen molar-refractivity contribution < 1.29 is 9.59 Å². The van der Waals surface area contributed by atoms with Gasteiger partial charge in [0.1, 0.15) is 5.69 Å². The average molecular weight is 234 g/mol. The molecule has 0 bridgehead atoms. The first kappa shape index (κ1) is 11.5. The maximum absolute atomic E-state index is 12.0. The Morgan fingerprint density at radius 1 is 1.47 bits per heavy atom. The lowest BCUT2D eigenvalue weighted by atomic mass is 10.1. The van der Waals surface area contributed by atoms with Gasteiger partial charge in [0, 0.05) is 32.5 Å². The fourth-order valence-electron chi connectivity index (χ4n) is 1.93. The molecule has 90 valence electrons. The summed E-state index contributed by atoms with van der Waals surface area (Å²) >= 11 is 0. The summed E-state index contributed by atoms with van der Waals surface area (Å²) in [6.07, 6.45) is 5.15. The summed E-state index contributed by atoms with van der Waals surface area (Å²) in [6.45, 7) is 1.04. The minimum Gasteiger partial charge on any atom is -0.359 e. The third-order valence-corrected chi connectivity index (χ3v) is 2.87. The number of amides is 2. The van der Waals surface area contributed by atoms with E-state index >= 15 is 0 Å². The van der Waals surface area contributed by atoms with Gasteiger partial charge in [-0.3, -0.25) is 14.6 Å². The van der Waals surface area contributed by atoms with Crippen molar-refractivity contribution in [1.82, 2.24) is 20.2 Å². The highest BCUT2D eigenvalue weighted by molar-refractivity contribution is 5.92. The lowest BCUT2D eigenvalue weighted by Gasteiger charge is -2.15. The molecule has 6 heteroatoms. The van der Waals surface area contributed by atoms with E-state index < -0.39 is 0 Å². The molecule has 0 aromatic carbocycles. The molecular weight excluding hydrogens is 220 g/mol. The van der Waals surface area contributed by atoms with Crippen molar-refractivity contribution in [1.29, 1.82) is 0 Å². The lowest BCUT2D eigenvalue weighted by Crippen LogP contribution is -2.33. The minimum atomic E-state index is -0.162. The Balaban J connectivity index is 2.02. The predicted octanol–water partition coefficient (Wildman–Crippen LogP) is -0.315. The van der Waals surface area contributed by atoms with Crippen molar-refractivity contribution in [3.8, 4) is 0 Å². The molecule has 1 aromatic heterocycles. The molecule has 0 radical (unpaired) electrons. The summed E-state index contributed by atoms with van der Waals surface area (Å²) in [5, 5.41) is 2.60. The molecule has 2 amide bonds. The zero-order chi connectivity index (χ0) is 12.3. The molecule has 1 fully saturated rings. The molecule has 0 spiro atoms. The van der Waals surface area contributed by atoms with Crippen LogP contribution in [0.3, 0.4) is 0 Å². The largest absolute Gasteiger partial charge is 0.359 e. The van der Waals surface area contributed by atoms with Crippen LogP contribution in [0.15, 0.2) is 18.6 Å². The Labute approximate surface area is 99.1 Å². The monoisotopic (exact) mass is 234 g/mol. The predicted molar refractivity (Wildman–Crippen MR) is 60.1 cm³/mol. The number of aromatic nitrogens is 2. The normalized spacial score (nSPS) is 19.1. The molecule has 2 heterocycles. The third kappa shape index (κ3) is 2.41. The van der Waals surface area contributed by atoms with Crippen molar-refractivity contribution in [2.75, 3.05) is 20.1 Å². The van der Waals surface area contributed by atoms with Gasteiger partial charge in [-0.2, -0.15) is 0 Å². The molecule has 6 nitrogen and oxygen atoms in total. The number of nitrogens with one attached hydrogen (secondary N) is 1. The van der Waals surface area contributed by atoms with Gasteiger partial charge in [-0.1, -0.05) is 0 Å². The van der Waals surface area contributed by atoms with E-state index in [1.807, 2.05) is 0 Å². The van der Waals surface area contributed by atoms with Gasteiger partial charge in [-0.15, -0.1) is 0 Å². The van der Waals surface area contributed by atoms with Crippen LogP contribution in [0.25, 0.3) is 0 Å². The first-order chi connectivity index (χ1) is 8.22. The summed E-state index contributed by atoms with van der Waals surface area (Å²) < 4.78 is 0. The summed E-state index contributed by atoms with van der Waals surface area (Å²) in [4.78, 5) is 32.9. The van der Waals surface area contributed by atoms with Gasteiger partial charge in [0.2, 0.25) is 5.91 Å². The van der Waals surface area contributed by atoms with Crippen LogP contribution in [0, 0.1) is 5.92 Å². The molecule has 2 rings (SSSR count). The Bertz CT molecular complexity index is 421. The number of nitrogens with zero attached hydrogens (tertiary/aromatic N) is 3. The van der Waals surface area contributed by atoms with Crippen molar-refractivity contribution in [3.05, 3.63) is 24.3 Å². The van der Waals surface area contributed by atoms with Crippen LogP contribution >= 0.6 is 0 Å². The first-order valence-corrected chi connectivity index (χ1v) is 5.49. The van der Waals surface area contributed by atoms with Gasteiger partial charge in [0.05, 0.1) is 12.1 Å². The summed E-state index contributed by atoms with van der Waals surface area (Å²) in [6, 6.07) is 0. The van der Waals surface area contributed by atoms with Crippen LogP contribution in [0.5, 0.6) is 0 Å². The van der Waals surface area contributed by atoms with Crippen LogP contribution in [0.4, 0.5) is 0 Å². The number of hydrogen-bond donors (Lipinski definition) is 1. The first-order valence-electron chi connectivity index (χ1n) is 5.49. The fourth-order valence-corrected chi connectivity index (χ4v) is 1.93. The van der Waals surface area contributed by atoms with Crippen LogP contribution in [0.2, 0.25) is 0 Å². The molecule has 1 aliphatic rings. The number of likely N-dealkylation sites (tertiary alicyclic amines) is 1. The van der Waals surface area contributed by atoms with Crippen molar-refractivity contribution in [2.45, 2.75) is 6.42 Å². The van der Waals surface area contributed by atoms with E-state index in [1.165, 1.54) is 18.6 Å². The van der Waals surface area contributed by atoms with Gasteiger partial charge in [-0.05, 0) is 6.42 Å². The molecular formula is C11H14N4O2. The van der Waals surface area contributed by atoms with E-state index in [1.54, 1.807) is 11.9 Å².